The van der Waals surface area contributed by atoms with Gasteiger partial charge in [0.25, 0.3) is 0 Å². The van der Waals surface area contributed by atoms with Crippen LogP contribution in [0.2, 0.25) is 5.02 Å². The summed E-state index contributed by atoms with van der Waals surface area (Å²) in [4.78, 5) is 26.7. The number of nitrogens with one attached hydrogen (secondary N) is 1. The average molecular weight is 587 g/mol. The molecule has 0 bridgehead atoms. The molecule has 5 atom stereocenters. The number of hydrogen-bond donors (Lipinski definition) is 3. The molecule has 220 valence electrons. The molecule has 6 nitrogen and oxygen atoms in total. The van der Waals surface area contributed by atoms with Gasteiger partial charge in [-0.3, -0.25) is 9.59 Å². The van der Waals surface area contributed by atoms with Gasteiger partial charge in [-0.05, 0) is 61.9 Å². The van der Waals surface area contributed by atoms with Gasteiger partial charge in [-0.2, -0.15) is 5.26 Å². The third kappa shape index (κ3) is 5.95. The summed E-state index contributed by atoms with van der Waals surface area (Å²) in [6, 6.07) is 28.5. The summed E-state index contributed by atoms with van der Waals surface area (Å²) in [5.74, 6) is -2.89. The maximum Gasteiger partial charge on any atom is 0.311 e. The molecule has 3 aromatic rings. The molecule has 1 heterocycles. The summed E-state index contributed by atoms with van der Waals surface area (Å²) in [5.41, 5.74) is 0.0201. The summed E-state index contributed by atoms with van der Waals surface area (Å²) < 4.78 is 0. The zero-order valence-corrected chi connectivity index (χ0v) is 24.9. The monoisotopic (exact) mass is 586 g/mol. The molecule has 0 amide bonds. The van der Waals surface area contributed by atoms with Crippen molar-refractivity contribution < 1.29 is 19.8 Å². The third-order valence-electron chi connectivity index (χ3n) is 9.44. The quantitative estimate of drug-likeness (QED) is 0.188. The smallest absolute Gasteiger partial charge is 0.311 e. The van der Waals surface area contributed by atoms with Gasteiger partial charge in [-0.1, -0.05) is 97.2 Å². The fraction of sp³-hybridized carbons (Fsp3) is 0.400. The van der Waals surface area contributed by atoms with Gasteiger partial charge in [0.2, 0.25) is 0 Å². The molecule has 3 aromatic carbocycles. The van der Waals surface area contributed by atoms with Gasteiger partial charge < -0.3 is 15.5 Å². The van der Waals surface area contributed by atoms with E-state index in [1.807, 2.05) is 43.3 Å². The number of hydrogen-bond acceptors (Lipinski definition) is 4. The van der Waals surface area contributed by atoms with Crippen molar-refractivity contribution in [1.29, 1.82) is 5.26 Å². The standard InChI is InChI=1S/C35H39ClN2O4/c1-24-34(32(39)40,20-10-9-19-30(26-13-5-3-6-14-26)27-15-7-4-8-16-27)31(28-17-11-18-29(36)23-28)35(33(41)42,21-12-22-37)25(2)38-24/h3-8,11,13-18,23-25,30-31,38H,9-10,12,19-21H2,1-2H3,(H,39,40)(H,41,42). The first kappa shape index (κ1) is 31.3. The van der Waals surface area contributed by atoms with Crippen molar-refractivity contribution in [2.75, 3.05) is 0 Å². The summed E-state index contributed by atoms with van der Waals surface area (Å²) >= 11 is 6.40. The molecule has 0 spiro atoms. The Morgan fingerprint density at radius 1 is 0.857 bits per heavy atom. The van der Waals surface area contributed by atoms with Crippen LogP contribution in [0.25, 0.3) is 0 Å². The van der Waals surface area contributed by atoms with Crippen molar-refractivity contribution >= 4 is 23.5 Å². The molecule has 42 heavy (non-hydrogen) atoms. The lowest BCUT2D eigenvalue weighted by molar-refractivity contribution is -0.174. The molecule has 7 heteroatoms. The van der Waals surface area contributed by atoms with Crippen LogP contribution in [0.1, 0.15) is 80.9 Å². The van der Waals surface area contributed by atoms with Crippen molar-refractivity contribution in [3.05, 3.63) is 107 Å². The molecule has 0 aliphatic carbocycles. The Hall–Kier alpha value is -3.66. The Balaban J connectivity index is 1.73. The van der Waals surface area contributed by atoms with E-state index in [1.54, 1.807) is 31.2 Å². The van der Waals surface area contributed by atoms with E-state index in [2.05, 4.69) is 35.7 Å². The fourth-order valence-corrected chi connectivity index (χ4v) is 7.59. The first-order chi connectivity index (χ1) is 20.2. The molecule has 3 N–H and O–H groups in total. The zero-order valence-electron chi connectivity index (χ0n) is 24.2. The number of halogens is 1. The number of aliphatic carboxylic acids is 2. The van der Waals surface area contributed by atoms with Crippen molar-refractivity contribution in [2.45, 2.75) is 76.3 Å². The molecule has 1 fully saturated rings. The molecule has 1 aliphatic rings. The SMILES string of the molecule is CC1NC(C)C(CCCCC(c2ccccc2)c2ccccc2)(C(=O)O)C(c2cccc(Cl)c2)C1(CCC#N)C(=O)O. The van der Waals surface area contributed by atoms with Crippen molar-refractivity contribution in [2.24, 2.45) is 10.8 Å². The van der Waals surface area contributed by atoms with Crippen LogP contribution in [-0.4, -0.2) is 34.2 Å². The average Bonchev–Trinajstić information content (AvgIpc) is 2.98. The van der Waals surface area contributed by atoms with Crippen LogP contribution in [0.3, 0.4) is 0 Å². The topological polar surface area (TPSA) is 110 Å². The minimum Gasteiger partial charge on any atom is -0.481 e. The molecular weight excluding hydrogens is 548 g/mol. The van der Waals surface area contributed by atoms with E-state index in [-0.39, 0.29) is 25.2 Å². The number of carboxylic acids is 2. The van der Waals surface area contributed by atoms with Crippen LogP contribution in [0.5, 0.6) is 0 Å². The van der Waals surface area contributed by atoms with Crippen molar-refractivity contribution in [1.82, 2.24) is 5.32 Å². The highest BCUT2D eigenvalue weighted by Crippen LogP contribution is 2.59. The number of rotatable bonds is 12. The second-order valence-electron chi connectivity index (χ2n) is 11.6. The molecule has 4 rings (SSSR count). The first-order valence-corrected chi connectivity index (χ1v) is 15.0. The Labute approximate surface area is 253 Å². The predicted octanol–water partition coefficient (Wildman–Crippen LogP) is 7.64. The van der Waals surface area contributed by atoms with Gasteiger partial charge in [0.15, 0.2) is 0 Å². The molecule has 1 aliphatic heterocycles. The maximum atomic E-state index is 13.5. The fourth-order valence-electron chi connectivity index (χ4n) is 7.39. The molecule has 0 saturated carbocycles. The van der Waals surface area contributed by atoms with E-state index in [9.17, 15) is 25.1 Å². The molecule has 0 aromatic heterocycles. The van der Waals surface area contributed by atoms with Gasteiger partial charge in [-0.15, -0.1) is 0 Å². The zero-order chi connectivity index (χ0) is 30.3. The van der Waals surface area contributed by atoms with Crippen molar-refractivity contribution in [3.63, 3.8) is 0 Å². The van der Waals surface area contributed by atoms with Crippen LogP contribution in [0.4, 0.5) is 0 Å². The van der Waals surface area contributed by atoms with E-state index >= 15 is 0 Å². The summed E-state index contributed by atoms with van der Waals surface area (Å²) in [5, 5.41) is 35.1. The normalized spacial score (nSPS) is 25.5. The first-order valence-electron chi connectivity index (χ1n) is 14.6. The van der Waals surface area contributed by atoms with Gasteiger partial charge in [-0.25, -0.2) is 0 Å². The summed E-state index contributed by atoms with van der Waals surface area (Å²) in [7, 11) is 0. The maximum absolute atomic E-state index is 13.5. The minimum atomic E-state index is -1.53. The second-order valence-corrected chi connectivity index (χ2v) is 12.0. The number of carbonyl (C=O) groups is 2. The van der Waals surface area contributed by atoms with E-state index in [0.29, 0.717) is 17.0 Å². The van der Waals surface area contributed by atoms with E-state index in [1.165, 1.54) is 11.1 Å². The number of unbranched alkanes of at least 4 members (excludes halogenated alkanes) is 1. The van der Waals surface area contributed by atoms with E-state index < -0.39 is 40.8 Å². The number of carboxylic acid groups (broad SMARTS) is 2. The van der Waals surface area contributed by atoms with E-state index in [4.69, 9.17) is 11.6 Å². The Morgan fingerprint density at radius 3 is 1.90 bits per heavy atom. The van der Waals surface area contributed by atoms with Crippen LogP contribution in [-0.2, 0) is 9.59 Å². The summed E-state index contributed by atoms with van der Waals surface area (Å²) in [6.07, 6.45) is 2.46. The number of piperidine rings is 1. The van der Waals surface area contributed by atoms with Crippen molar-refractivity contribution in [3.8, 4) is 6.07 Å². The Kier molecular flexibility index (Phi) is 10.1. The van der Waals surface area contributed by atoms with Crippen LogP contribution in [0, 0.1) is 22.2 Å². The number of benzene rings is 3. The lowest BCUT2D eigenvalue weighted by Crippen LogP contribution is -2.69. The number of nitriles is 1. The summed E-state index contributed by atoms with van der Waals surface area (Å²) in [6.45, 7) is 3.63. The van der Waals surface area contributed by atoms with Gasteiger partial charge in [0.1, 0.15) is 0 Å². The largest absolute Gasteiger partial charge is 0.481 e. The lowest BCUT2D eigenvalue weighted by atomic mass is 9.49. The van der Waals surface area contributed by atoms with Crippen LogP contribution < -0.4 is 5.32 Å². The Bertz CT molecular complexity index is 1370. The Morgan fingerprint density at radius 2 is 1.40 bits per heavy atom. The number of nitrogens with zero attached hydrogens (tertiary/aromatic N) is 1. The highest BCUT2D eigenvalue weighted by Gasteiger charge is 2.66. The van der Waals surface area contributed by atoms with Gasteiger partial charge in [0, 0.05) is 35.4 Å². The van der Waals surface area contributed by atoms with Crippen LogP contribution in [0.15, 0.2) is 84.9 Å². The lowest BCUT2D eigenvalue weighted by Gasteiger charge is -2.57. The highest BCUT2D eigenvalue weighted by molar-refractivity contribution is 6.30. The predicted molar refractivity (Wildman–Crippen MR) is 164 cm³/mol. The van der Waals surface area contributed by atoms with Gasteiger partial charge in [0.05, 0.1) is 16.9 Å². The highest BCUT2D eigenvalue weighted by atomic mass is 35.5. The third-order valence-corrected chi connectivity index (χ3v) is 9.68. The second kappa shape index (κ2) is 13.5. The molecule has 5 unspecified atom stereocenters. The van der Waals surface area contributed by atoms with Crippen LogP contribution >= 0.6 is 11.6 Å². The minimum absolute atomic E-state index is 0.00467. The van der Waals surface area contributed by atoms with E-state index in [0.717, 1.165) is 12.8 Å². The molecule has 0 radical (unpaired) electrons. The van der Waals surface area contributed by atoms with Gasteiger partial charge >= 0.3 is 11.9 Å². The molecular formula is C35H39ClN2O4. The molecule has 1 saturated heterocycles.